The number of aliphatic hydroxyl groups is 1. The maximum absolute atomic E-state index is 13.0. The largest absolute Gasteiger partial charge is 0.506 e. The van der Waals surface area contributed by atoms with E-state index in [1.807, 2.05) is 6.92 Å². The number of phenols is 1. The summed E-state index contributed by atoms with van der Waals surface area (Å²) in [4.78, 5) is 4.41. The Kier molecular flexibility index (Phi) is 5.24. The molecule has 0 radical (unpaired) electrons. The van der Waals surface area contributed by atoms with E-state index in [1.165, 1.54) is 6.07 Å². The van der Waals surface area contributed by atoms with Crippen molar-refractivity contribution in [2.75, 3.05) is 19.8 Å². The second-order valence-electron chi connectivity index (χ2n) is 5.39. The zero-order valence-corrected chi connectivity index (χ0v) is 12.9. The monoisotopic (exact) mass is 333 g/mol. The first-order chi connectivity index (χ1) is 10.4. The Morgan fingerprint density at radius 2 is 2.18 bits per heavy atom. The molecule has 1 aliphatic heterocycles. The maximum Gasteiger partial charge on any atom is 0.303 e. The van der Waals surface area contributed by atoms with Crippen LogP contribution in [0.25, 0.3) is 0 Å². The molecule has 0 aliphatic carbocycles. The number of aliphatic imine (C=N–C) groups is 1. The van der Waals surface area contributed by atoms with Crippen molar-refractivity contribution in [3.8, 4) is 11.5 Å². The number of rotatable bonds is 5. The van der Waals surface area contributed by atoms with E-state index in [2.05, 4.69) is 4.99 Å². The van der Waals surface area contributed by atoms with Crippen LogP contribution in [-0.2, 0) is 0 Å². The lowest BCUT2D eigenvalue weighted by Crippen LogP contribution is -2.29. The lowest BCUT2D eigenvalue weighted by atomic mass is 9.91. The third kappa shape index (κ3) is 3.67. The average Bonchev–Trinajstić information content (AvgIpc) is 2.50. The predicted molar refractivity (Wildman–Crippen MR) is 80.4 cm³/mol. The summed E-state index contributed by atoms with van der Waals surface area (Å²) in [7, 11) is 0. The zero-order valence-electron chi connectivity index (χ0n) is 12.2. The highest BCUT2D eigenvalue weighted by Gasteiger charge is 2.30. The highest BCUT2D eigenvalue weighted by molar-refractivity contribution is 6.34. The minimum absolute atomic E-state index is 0.0555. The van der Waals surface area contributed by atoms with Crippen LogP contribution in [0.1, 0.15) is 25.3 Å². The molecular formula is C15H18ClF2NO3. The molecule has 0 amide bonds. The normalized spacial score (nSPS) is 19.0. The third-order valence-corrected chi connectivity index (χ3v) is 3.94. The van der Waals surface area contributed by atoms with Gasteiger partial charge in [-0.15, -0.1) is 0 Å². The van der Waals surface area contributed by atoms with Gasteiger partial charge in [0.15, 0.2) is 6.61 Å². The number of ether oxygens (including phenoxy) is 1. The first kappa shape index (κ1) is 17.0. The molecule has 22 heavy (non-hydrogen) atoms. The van der Waals surface area contributed by atoms with Crippen molar-refractivity contribution in [2.24, 2.45) is 10.9 Å². The topological polar surface area (TPSA) is 62.0 Å². The fourth-order valence-electron chi connectivity index (χ4n) is 2.33. The lowest BCUT2D eigenvalue weighted by Gasteiger charge is -2.21. The Balaban J connectivity index is 2.24. The molecule has 2 N–H and O–H groups in total. The Hall–Kier alpha value is -1.40. The van der Waals surface area contributed by atoms with E-state index in [9.17, 15) is 13.9 Å². The van der Waals surface area contributed by atoms with Crippen LogP contribution < -0.4 is 4.74 Å². The number of aliphatic hydroxyl groups excluding tert-OH is 1. The van der Waals surface area contributed by atoms with E-state index < -0.39 is 19.1 Å². The minimum Gasteiger partial charge on any atom is -0.506 e. The number of alkyl halides is 2. The molecule has 0 fully saturated rings. The first-order valence-electron chi connectivity index (χ1n) is 7.03. The van der Waals surface area contributed by atoms with Crippen molar-refractivity contribution in [2.45, 2.75) is 25.7 Å². The Labute approximate surface area is 132 Å². The quantitative estimate of drug-likeness (QED) is 0.869. The molecule has 0 spiro atoms. The van der Waals surface area contributed by atoms with Gasteiger partial charge in [-0.2, -0.15) is 0 Å². The Bertz CT molecular complexity index is 578. The van der Waals surface area contributed by atoms with Crippen molar-refractivity contribution in [1.29, 1.82) is 0 Å². The smallest absolute Gasteiger partial charge is 0.303 e. The molecule has 0 aromatic heterocycles. The molecule has 1 aromatic carbocycles. The first-order valence-corrected chi connectivity index (χ1v) is 7.41. The molecule has 1 unspecified atom stereocenters. The SMILES string of the molecule is CC1CCCN=C1c1ccc(OCC(F)(F)CO)c(Cl)c1O. The highest BCUT2D eigenvalue weighted by atomic mass is 35.5. The Morgan fingerprint density at radius 3 is 2.82 bits per heavy atom. The summed E-state index contributed by atoms with van der Waals surface area (Å²) < 4.78 is 30.9. The van der Waals surface area contributed by atoms with Crippen LogP contribution in [0.15, 0.2) is 17.1 Å². The van der Waals surface area contributed by atoms with Crippen LogP contribution in [0.5, 0.6) is 11.5 Å². The fourth-order valence-corrected chi connectivity index (χ4v) is 2.55. The minimum atomic E-state index is -3.36. The van der Waals surface area contributed by atoms with Crippen molar-refractivity contribution in [3.05, 3.63) is 22.7 Å². The molecule has 122 valence electrons. The molecular weight excluding hydrogens is 316 g/mol. The van der Waals surface area contributed by atoms with E-state index in [4.69, 9.17) is 21.4 Å². The molecule has 1 aliphatic rings. The number of phenolic OH excluding ortho intramolecular Hbond substituents is 1. The molecule has 2 rings (SSSR count). The van der Waals surface area contributed by atoms with Crippen molar-refractivity contribution < 1.29 is 23.7 Å². The summed E-state index contributed by atoms with van der Waals surface area (Å²) in [5.74, 6) is -3.44. The number of aromatic hydroxyl groups is 1. The van der Waals surface area contributed by atoms with Crippen LogP contribution in [0.4, 0.5) is 8.78 Å². The number of nitrogens with zero attached hydrogens (tertiary/aromatic N) is 1. The highest BCUT2D eigenvalue weighted by Crippen LogP contribution is 2.38. The van der Waals surface area contributed by atoms with Crippen LogP contribution in [0, 0.1) is 5.92 Å². The predicted octanol–water partition coefficient (Wildman–Crippen LogP) is 3.27. The summed E-state index contributed by atoms with van der Waals surface area (Å²) >= 11 is 6.00. The second-order valence-corrected chi connectivity index (χ2v) is 5.76. The van der Waals surface area contributed by atoms with E-state index in [1.54, 1.807) is 6.07 Å². The van der Waals surface area contributed by atoms with E-state index in [0.717, 1.165) is 18.6 Å². The van der Waals surface area contributed by atoms with Crippen molar-refractivity contribution in [3.63, 3.8) is 0 Å². The van der Waals surface area contributed by atoms with Gasteiger partial charge in [-0.25, -0.2) is 8.78 Å². The number of halogens is 3. The van der Waals surface area contributed by atoms with Crippen molar-refractivity contribution >= 4 is 17.3 Å². The summed E-state index contributed by atoms with van der Waals surface area (Å²) in [5.41, 5.74) is 1.26. The average molecular weight is 334 g/mol. The van der Waals surface area contributed by atoms with Gasteiger partial charge in [0.1, 0.15) is 23.1 Å². The standard InChI is InChI=1S/C15H18ClF2NO3/c1-9-3-2-6-19-13(9)10-4-5-11(12(16)14(10)21)22-8-15(17,18)7-20/h4-5,9,20-21H,2-3,6-8H2,1H3. The summed E-state index contributed by atoms with van der Waals surface area (Å²) in [6.07, 6.45) is 1.97. The van der Waals surface area contributed by atoms with E-state index in [-0.39, 0.29) is 22.4 Å². The number of hydrogen-bond donors (Lipinski definition) is 2. The van der Waals surface area contributed by atoms with Gasteiger partial charge < -0.3 is 14.9 Å². The molecule has 4 nitrogen and oxygen atoms in total. The number of hydrogen-bond acceptors (Lipinski definition) is 4. The molecule has 1 heterocycles. The van der Waals surface area contributed by atoms with E-state index in [0.29, 0.717) is 12.1 Å². The summed E-state index contributed by atoms with van der Waals surface area (Å²) in [6, 6.07) is 2.99. The van der Waals surface area contributed by atoms with Gasteiger partial charge in [0, 0.05) is 17.8 Å². The lowest BCUT2D eigenvalue weighted by molar-refractivity contribution is -0.0801. The van der Waals surface area contributed by atoms with Gasteiger partial charge in [-0.3, -0.25) is 4.99 Å². The maximum atomic E-state index is 13.0. The van der Waals surface area contributed by atoms with Crippen LogP contribution in [-0.4, -0.2) is 41.6 Å². The second kappa shape index (κ2) is 6.79. The van der Waals surface area contributed by atoms with Gasteiger partial charge in [0.05, 0.1) is 0 Å². The van der Waals surface area contributed by atoms with Gasteiger partial charge in [0.2, 0.25) is 0 Å². The third-order valence-electron chi connectivity index (χ3n) is 3.57. The fraction of sp³-hybridized carbons (Fsp3) is 0.533. The molecule has 7 heteroatoms. The zero-order chi connectivity index (χ0) is 16.3. The number of benzene rings is 1. The molecule has 1 aromatic rings. The summed E-state index contributed by atoms with van der Waals surface area (Å²) in [5, 5.41) is 18.6. The molecule has 0 bridgehead atoms. The van der Waals surface area contributed by atoms with Gasteiger partial charge in [0.25, 0.3) is 0 Å². The van der Waals surface area contributed by atoms with Gasteiger partial charge in [-0.1, -0.05) is 18.5 Å². The van der Waals surface area contributed by atoms with Crippen LogP contribution in [0.2, 0.25) is 5.02 Å². The summed E-state index contributed by atoms with van der Waals surface area (Å²) in [6.45, 7) is 0.373. The van der Waals surface area contributed by atoms with Gasteiger partial charge >= 0.3 is 5.92 Å². The van der Waals surface area contributed by atoms with Crippen LogP contribution >= 0.6 is 11.6 Å². The molecule has 1 atom stereocenters. The van der Waals surface area contributed by atoms with Crippen molar-refractivity contribution in [1.82, 2.24) is 0 Å². The van der Waals surface area contributed by atoms with Gasteiger partial charge in [-0.05, 0) is 30.9 Å². The Morgan fingerprint density at radius 1 is 1.45 bits per heavy atom. The molecule has 0 saturated carbocycles. The van der Waals surface area contributed by atoms with E-state index >= 15 is 0 Å². The molecule has 0 saturated heterocycles. The van der Waals surface area contributed by atoms with Crippen LogP contribution in [0.3, 0.4) is 0 Å².